The van der Waals surface area contributed by atoms with E-state index >= 15 is 0 Å². The van der Waals surface area contributed by atoms with Crippen molar-refractivity contribution >= 4 is 16.6 Å². The summed E-state index contributed by atoms with van der Waals surface area (Å²) in [7, 11) is 1.70. The summed E-state index contributed by atoms with van der Waals surface area (Å²) in [6.07, 6.45) is 0. The summed E-state index contributed by atoms with van der Waals surface area (Å²) in [5, 5.41) is 4.57. The second-order valence-electron chi connectivity index (χ2n) is 5.99. The molecule has 1 saturated heterocycles. The fourth-order valence-corrected chi connectivity index (χ4v) is 3.29. The van der Waals surface area contributed by atoms with Crippen LogP contribution in [0.15, 0.2) is 54.6 Å². The lowest BCUT2D eigenvalue weighted by Gasteiger charge is -2.30. The molecule has 1 fully saturated rings. The lowest BCUT2D eigenvalue weighted by atomic mass is 10.1. The Morgan fingerprint density at radius 2 is 1.79 bits per heavy atom. The van der Waals surface area contributed by atoms with Gasteiger partial charge in [-0.2, -0.15) is 0 Å². The number of piperazine rings is 1. The molecule has 4 rings (SSSR count). The van der Waals surface area contributed by atoms with Crippen molar-refractivity contribution in [3.63, 3.8) is 0 Å². The fraction of sp³-hybridized carbons (Fsp3) is 0.250. The highest BCUT2D eigenvalue weighted by Gasteiger charge is 2.17. The summed E-state index contributed by atoms with van der Waals surface area (Å²) >= 11 is 0. The molecule has 122 valence electrons. The maximum atomic E-state index is 5.57. The lowest BCUT2D eigenvalue weighted by Crippen LogP contribution is -2.43. The molecule has 0 amide bonds. The predicted molar refractivity (Wildman–Crippen MR) is 98.8 cm³/mol. The van der Waals surface area contributed by atoms with Crippen LogP contribution in [0.3, 0.4) is 0 Å². The number of pyridine rings is 1. The monoisotopic (exact) mass is 319 g/mol. The molecule has 4 nitrogen and oxygen atoms in total. The van der Waals surface area contributed by atoms with Crippen molar-refractivity contribution in [3.05, 3.63) is 54.6 Å². The van der Waals surface area contributed by atoms with Gasteiger partial charge < -0.3 is 15.0 Å². The normalized spacial score (nSPS) is 14.8. The third-order valence-corrected chi connectivity index (χ3v) is 4.53. The van der Waals surface area contributed by atoms with Gasteiger partial charge in [-0.15, -0.1) is 0 Å². The Hall–Kier alpha value is -2.59. The molecule has 1 aliphatic rings. The van der Waals surface area contributed by atoms with Crippen molar-refractivity contribution in [2.24, 2.45) is 0 Å². The van der Waals surface area contributed by atoms with E-state index in [0.717, 1.165) is 54.1 Å². The topological polar surface area (TPSA) is 37.4 Å². The van der Waals surface area contributed by atoms with Crippen LogP contribution in [0.1, 0.15) is 0 Å². The first-order chi connectivity index (χ1) is 11.9. The van der Waals surface area contributed by atoms with Crippen LogP contribution in [0.25, 0.3) is 22.2 Å². The number of hydrogen-bond acceptors (Lipinski definition) is 4. The first-order valence-electron chi connectivity index (χ1n) is 8.35. The molecular weight excluding hydrogens is 298 g/mol. The van der Waals surface area contributed by atoms with Gasteiger partial charge in [0.1, 0.15) is 11.3 Å². The van der Waals surface area contributed by atoms with Crippen LogP contribution in [0.5, 0.6) is 5.75 Å². The minimum Gasteiger partial charge on any atom is -0.494 e. The minimum absolute atomic E-state index is 0.821. The van der Waals surface area contributed by atoms with Crippen LogP contribution in [0.4, 0.5) is 5.69 Å². The van der Waals surface area contributed by atoms with Gasteiger partial charge in [0, 0.05) is 42.8 Å². The van der Waals surface area contributed by atoms with Crippen molar-refractivity contribution in [2.75, 3.05) is 38.2 Å². The van der Waals surface area contributed by atoms with E-state index < -0.39 is 0 Å². The number of nitrogens with zero attached hydrogens (tertiary/aromatic N) is 2. The third-order valence-electron chi connectivity index (χ3n) is 4.53. The van der Waals surface area contributed by atoms with Gasteiger partial charge in [0.25, 0.3) is 0 Å². The smallest absolute Gasteiger partial charge is 0.145 e. The molecule has 0 unspecified atom stereocenters. The highest BCUT2D eigenvalue weighted by Crippen LogP contribution is 2.35. The molecule has 2 aromatic carbocycles. The van der Waals surface area contributed by atoms with Gasteiger partial charge in [-0.1, -0.05) is 42.5 Å². The summed E-state index contributed by atoms with van der Waals surface area (Å²) in [4.78, 5) is 7.34. The Bertz CT molecular complexity index is 842. The van der Waals surface area contributed by atoms with E-state index in [-0.39, 0.29) is 0 Å². The molecule has 0 saturated carbocycles. The summed E-state index contributed by atoms with van der Waals surface area (Å²) < 4.78 is 5.57. The lowest BCUT2D eigenvalue weighted by molar-refractivity contribution is 0.419. The number of para-hydroxylation sites is 1. The van der Waals surface area contributed by atoms with Crippen LogP contribution >= 0.6 is 0 Å². The third kappa shape index (κ3) is 2.69. The SMILES string of the molecule is COc1cccc2c(N3CCNCC3)cc(-c3ccccc3)nc12. The summed E-state index contributed by atoms with van der Waals surface area (Å²) in [5.74, 6) is 0.821. The quantitative estimate of drug-likeness (QED) is 0.803. The Morgan fingerprint density at radius 3 is 2.54 bits per heavy atom. The largest absolute Gasteiger partial charge is 0.494 e. The first kappa shape index (κ1) is 15.0. The Kier molecular flexibility index (Phi) is 4.05. The van der Waals surface area contributed by atoms with Gasteiger partial charge in [-0.25, -0.2) is 4.98 Å². The molecule has 0 spiro atoms. The standard InChI is InChI=1S/C20H21N3O/c1-24-19-9-5-8-16-18(23-12-10-21-11-13-23)14-17(22-20(16)19)15-6-3-2-4-7-15/h2-9,14,21H,10-13H2,1H3. The number of aromatic nitrogens is 1. The van der Waals surface area contributed by atoms with E-state index in [1.54, 1.807) is 7.11 Å². The van der Waals surface area contributed by atoms with E-state index in [1.165, 1.54) is 5.69 Å². The van der Waals surface area contributed by atoms with Gasteiger partial charge in [0.2, 0.25) is 0 Å². The average molecular weight is 319 g/mol. The van der Waals surface area contributed by atoms with Crippen LogP contribution in [-0.4, -0.2) is 38.3 Å². The molecule has 0 radical (unpaired) electrons. The first-order valence-corrected chi connectivity index (χ1v) is 8.35. The molecule has 1 N–H and O–H groups in total. The Labute approximate surface area is 142 Å². The number of methoxy groups -OCH3 is 1. The predicted octanol–water partition coefficient (Wildman–Crippen LogP) is 3.32. The molecule has 0 aliphatic carbocycles. The Balaban J connectivity index is 1.94. The maximum absolute atomic E-state index is 5.57. The summed E-state index contributed by atoms with van der Waals surface area (Å²) in [5.41, 5.74) is 4.27. The van der Waals surface area contributed by atoms with Gasteiger partial charge in [0.05, 0.1) is 12.8 Å². The minimum atomic E-state index is 0.821. The second kappa shape index (κ2) is 6.49. The van der Waals surface area contributed by atoms with Gasteiger partial charge >= 0.3 is 0 Å². The average Bonchev–Trinajstić information content (AvgIpc) is 2.68. The van der Waals surface area contributed by atoms with Gasteiger partial charge in [-0.05, 0) is 12.1 Å². The van der Waals surface area contributed by atoms with E-state index in [1.807, 2.05) is 30.3 Å². The van der Waals surface area contributed by atoms with E-state index in [0.29, 0.717) is 0 Å². The zero-order chi connectivity index (χ0) is 16.4. The molecule has 3 aromatic rings. The highest BCUT2D eigenvalue weighted by atomic mass is 16.5. The van der Waals surface area contributed by atoms with Crippen LogP contribution in [0.2, 0.25) is 0 Å². The van der Waals surface area contributed by atoms with Crippen molar-refractivity contribution in [1.82, 2.24) is 10.3 Å². The molecule has 1 aliphatic heterocycles. The second-order valence-corrected chi connectivity index (χ2v) is 5.99. The van der Waals surface area contributed by atoms with Crippen molar-refractivity contribution in [1.29, 1.82) is 0 Å². The number of ether oxygens (including phenoxy) is 1. The number of rotatable bonds is 3. The van der Waals surface area contributed by atoms with E-state index in [9.17, 15) is 0 Å². The molecule has 24 heavy (non-hydrogen) atoms. The van der Waals surface area contributed by atoms with Crippen LogP contribution in [-0.2, 0) is 0 Å². The highest BCUT2D eigenvalue weighted by molar-refractivity contribution is 5.97. The zero-order valence-corrected chi connectivity index (χ0v) is 13.8. The molecule has 0 atom stereocenters. The fourth-order valence-electron chi connectivity index (χ4n) is 3.29. The van der Waals surface area contributed by atoms with Crippen molar-refractivity contribution in [2.45, 2.75) is 0 Å². The number of fused-ring (bicyclic) bond motifs is 1. The molecular formula is C20H21N3O. The molecule has 4 heteroatoms. The number of nitrogens with one attached hydrogen (secondary N) is 1. The van der Waals surface area contributed by atoms with E-state index in [4.69, 9.17) is 9.72 Å². The Morgan fingerprint density at radius 1 is 1.00 bits per heavy atom. The van der Waals surface area contributed by atoms with Crippen LogP contribution < -0.4 is 15.0 Å². The number of benzene rings is 2. The molecule has 0 bridgehead atoms. The summed E-state index contributed by atoms with van der Waals surface area (Å²) in [6, 6.07) is 18.7. The maximum Gasteiger partial charge on any atom is 0.145 e. The van der Waals surface area contributed by atoms with Gasteiger partial charge in [0.15, 0.2) is 0 Å². The number of hydrogen-bond donors (Lipinski definition) is 1. The van der Waals surface area contributed by atoms with Crippen LogP contribution in [0, 0.1) is 0 Å². The number of anilines is 1. The van der Waals surface area contributed by atoms with E-state index in [2.05, 4.69) is 34.5 Å². The zero-order valence-electron chi connectivity index (χ0n) is 13.8. The summed E-state index contributed by atoms with van der Waals surface area (Å²) in [6.45, 7) is 4.03. The molecule has 1 aromatic heterocycles. The van der Waals surface area contributed by atoms with Crippen molar-refractivity contribution < 1.29 is 4.74 Å². The molecule has 2 heterocycles. The van der Waals surface area contributed by atoms with Gasteiger partial charge in [-0.3, -0.25) is 0 Å². The van der Waals surface area contributed by atoms with Crippen molar-refractivity contribution in [3.8, 4) is 17.0 Å².